The molecular weight excluding hydrogens is 270 g/mol. The number of nitrogens with one attached hydrogen (secondary N) is 2. The van der Waals surface area contributed by atoms with E-state index >= 15 is 0 Å². The van der Waals surface area contributed by atoms with Gasteiger partial charge in [0.2, 0.25) is 0 Å². The zero-order valence-electron chi connectivity index (χ0n) is 11.7. The average molecular weight is 287 g/mol. The molecule has 0 aliphatic heterocycles. The summed E-state index contributed by atoms with van der Waals surface area (Å²) in [7, 11) is 0. The maximum Gasteiger partial charge on any atom is 0.308 e. The number of amides is 1. The second-order valence-electron chi connectivity index (χ2n) is 4.87. The molecule has 0 saturated carbocycles. The van der Waals surface area contributed by atoms with E-state index in [0.717, 1.165) is 11.3 Å². The number of carbonyl (C=O) groups excluding carboxylic acids is 1. The highest BCUT2D eigenvalue weighted by Gasteiger charge is 2.20. The Morgan fingerprint density at radius 1 is 1.33 bits per heavy atom. The minimum atomic E-state index is -0.933. The number of hydrogen-bond acceptors (Lipinski definition) is 3. The molecular formula is C15H17N3O3. The highest BCUT2D eigenvalue weighted by molar-refractivity contribution is 5.92. The van der Waals surface area contributed by atoms with Gasteiger partial charge >= 0.3 is 5.97 Å². The van der Waals surface area contributed by atoms with Crippen LogP contribution in [0.15, 0.2) is 36.4 Å². The molecule has 6 heteroatoms. The van der Waals surface area contributed by atoms with Crippen molar-refractivity contribution in [2.24, 2.45) is 5.92 Å². The van der Waals surface area contributed by atoms with Gasteiger partial charge in [0.25, 0.3) is 5.91 Å². The van der Waals surface area contributed by atoms with Gasteiger partial charge in [-0.05, 0) is 25.0 Å². The van der Waals surface area contributed by atoms with Crippen molar-refractivity contribution in [3.63, 3.8) is 0 Å². The summed E-state index contributed by atoms with van der Waals surface area (Å²) < 4.78 is 0. The topological polar surface area (TPSA) is 95.1 Å². The van der Waals surface area contributed by atoms with Gasteiger partial charge in [-0.25, -0.2) is 0 Å². The highest BCUT2D eigenvalue weighted by Crippen LogP contribution is 2.09. The van der Waals surface area contributed by atoms with E-state index in [-0.39, 0.29) is 18.1 Å². The van der Waals surface area contributed by atoms with Crippen LogP contribution in [0.2, 0.25) is 0 Å². The molecule has 1 aromatic heterocycles. The van der Waals surface area contributed by atoms with Crippen molar-refractivity contribution in [2.45, 2.75) is 13.3 Å². The van der Waals surface area contributed by atoms with Crippen LogP contribution < -0.4 is 5.32 Å². The smallest absolute Gasteiger partial charge is 0.308 e. The molecule has 0 aliphatic rings. The predicted octanol–water partition coefficient (Wildman–Crippen LogP) is 1.39. The van der Waals surface area contributed by atoms with Crippen molar-refractivity contribution in [1.29, 1.82) is 0 Å². The number of aliphatic carboxylic acids is 1. The Balaban J connectivity index is 1.94. The number of carboxylic acids is 1. The molecule has 1 heterocycles. The van der Waals surface area contributed by atoms with Crippen molar-refractivity contribution >= 4 is 11.9 Å². The summed E-state index contributed by atoms with van der Waals surface area (Å²) in [6.07, 6.45) is 0.371. The minimum Gasteiger partial charge on any atom is -0.481 e. The number of aromatic nitrogens is 2. The van der Waals surface area contributed by atoms with E-state index in [1.165, 1.54) is 0 Å². The number of aromatic amines is 1. The molecule has 0 radical (unpaired) electrons. The van der Waals surface area contributed by atoms with Crippen molar-refractivity contribution in [3.05, 3.63) is 53.3 Å². The zero-order chi connectivity index (χ0) is 15.2. The van der Waals surface area contributed by atoms with Crippen molar-refractivity contribution in [2.75, 3.05) is 6.54 Å². The molecule has 1 amide bonds. The summed E-state index contributed by atoms with van der Waals surface area (Å²) >= 11 is 0. The van der Waals surface area contributed by atoms with Crippen LogP contribution in [0, 0.1) is 12.8 Å². The SMILES string of the molecule is Cc1cc(C(=O)NCC(Cc2ccccc2)C(=O)O)n[nH]1. The van der Waals surface area contributed by atoms with Gasteiger partial charge < -0.3 is 10.4 Å². The van der Waals surface area contributed by atoms with Crippen LogP contribution in [-0.2, 0) is 11.2 Å². The van der Waals surface area contributed by atoms with E-state index < -0.39 is 11.9 Å². The first-order valence-electron chi connectivity index (χ1n) is 6.63. The molecule has 0 saturated heterocycles. The van der Waals surface area contributed by atoms with Crippen LogP contribution in [-0.4, -0.2) is 33.7 Å². The number of hydrogen-bond donors (Lipinski definition) is 3. The largest absolute Gasteiger partial charge is 0.481 e. The van der Waals surface area contributed by atoms with Crippen LogP contribution in [0.4, 0.5) is 0 Å². The van der Waals surface area contributed by atoms with Crippen molar-refractivity contribution in [1.82, 2.24) is 15.5 Å². The molecule has 0 spiro atoms. The Kier molecular flexibility index (Phi) is 4.71. The summed E-state index contributed by atoms with van der Waals surface area (Å²) in [5.41, 5.74) is 1.96. The first-order chi connectivity index (χ1) is 10.1. The molecule has 3 N–H and O–H groups in total. The average Bonchev–Trinajstić information content (AvgIpc) is 2.90. The molecule has 1 atom stereocenters. The van der Waals surface area contributed by atoms with Gasteiger partial charge in [0.1, 0.15) is 5.69 Å². The lowest BCUT2D eigenvalue weighted by molar-refractivity contribution is -0.141. The van der Waals surface area contributed by atoms with E-state index in [9.17, 15) is 14.7 Å². The number of aryl methyl sites for hydroxylation is 1. The van der Waals surface area contributed by atoms with Gasteiger partial charge in [-0.2, -0.15) is 5.10 Å². The fourth-order valence-corrected chi connectivity index (χ4v) is 1.99. The quantitative estimate of drug-likeness (QED) is 0.748. The lowest BCUT2D eigenvalue weighted by atomic mass is 9.99. The van der Waals surface area contributed by atoms with E-state index in [1.54, 1.807) is 13.0 Å². The summed E-state index contributed by atoms with van der Waals surface area (Å²) in [6, 6.07) is 10.9. The predicted molar refractivity (Wildman–Crippen MR) is 76.9 cm³/mol. The number of carboxylic acid groups (broad SMARTS) is 1. The Hall–Kier alpha value is -2.63. The maximum atomic E-state index is 11.9. The van der Waals surface area contributed by atoms with Crippen LogP contribution in [0.25, 0.3) is 0 Å². The van der Waals surface area contributed by atoms with Crippen LogP contribution in [0.1, 0.15) is 21.7 Å². The Bertz CT molecular complexity index is 622. The minimum absolute atomic E-state index is 0.0645. The molecule has 2 rings (SSSR count). The summed E-state index contributed by atoms with van der Waals surface area (Å²) in [5.74, 6) is -1.98. The van der Waals surface area contributed by atoms with E-state index in [0.29, 0.717) is 6.42 Å². The van der Waals surface area contributed by atoms with Gasteiger partial charge in [-0.15, -0.1) is 0 Å². The van der Waals surface area contributed by atoms with Gasteiger partial charge in [0, 0.05) is 12.2 Å². The fourth-order valence-electron chi connectivity index (χ4n) is 1.99. The third-order valence-corrected chi connectivity index (χ3v) is 3.12. The first kappa shape index (κ1) is 14.8. The van der Waals surface area contributed by atoms with Crippen molar-refractivity contribution in [3.8, 4) is 0 Å². The molecule has 0 fully saturated rings. The molecule has 6 nitrogen and oxygen atoms in total. The lowest BCUT2D eigenvalue weighted by Crippen LogP contribution is -2.34. The van der Waals surface area contributed by atoms with E-state index in [1.807, 2.05) is 30.3 Å². The van der Waals surface area contributed by atoms with Gasteiger partial charge in [-0.1, -0.05) is 30.3 Å². The molecule has 21 heavy (non-hydrogen) atoms. The van der Waals surface area contributed by atoms with Crippen LogP contribution in [0.3, 0.4) is 0 Å². The Morgan fingerprint density at radius 3 is 2.62 bits per heavy atom. The van der Waals surface area contributed by atoms with Gasteiger partial charge in [0.05, 0.1) is 5.92 Å². The summed E-state index contributed by atoms with van der Waals surface area (Å²) in [5, 5.41) is 18.4. The monoisotopic (exact) mass is 287 g/mol. The van der Waals surface area contributed by atoms with Crippen LogP contribution in [0.5, 0.6) is 0 Å². The summed E-state index contributed by atoms with van der Waals surface area (Å²) in [6.45, 7) is 1.86. The number of H-pyrrole nitrogens is 1. The molecule has 1 aromatic carbocycles. The summed E-state index contributed by atoms with van der Waals surface area (Å²) in [4.78, 5) is 23.1. The van der Waals surface area contributed by atoms with E-state index in [2.05, 4.69) is 15.5 Å². The Morgan fingerprint density at radius 2 is 2.05 bits per heavy atom. The normalized spacial score (nSPS) is 11.9. The second-order valence-corrected chi connectivity index (χ2v) is 4.87. The standard InChI is InChI=1S/C15H17N3O3/c1-10-7-13(18-17-10)14(19)16-9-12(15(20)21)8-11-5-3-2-4-6-11/h2-7,12H,8-9H2,1H3,(H,16,19)(H,17,18)(H,20,21). The lowest BCUT2D eigenvalue weighted by Gasteiger charge is -2.13. The molecule has 1 unspecified atom stereocenters. The van der Waals surface area contributed by atoms with E-state index in [4.69, 9.17) is 0 Å². The van der Waals surface area contributed by atoms with Gasteiger partial charge in [-0.3, -0.25) is 14.7 Å². The molecule has 2 aromatic rings. The van der Waals surface area contributed by atoms with Gasteiger partial charge in [0.15, 0.2) is 0 Å². The maximum absolute atomic E-state index is 11.9. The number of nitrogens with zero attached hydrogens (tertiary/aromatic N) is 1. The first-order valence-corrected chi connectivity index (χ1v) is 6.63. The highest BCUT2D eigenvalue weighted by atomic mass is 16.4. The Labute approximate surface area is 122 Å². The number of benzene rings is 1. The third-order valence-electron chi connectivity index (χ3n) is 3.12. The number of rotatable bonds is 6. The second kappa shape index (κ2) is 6.69. The fraction of sp³-hybridized carbons (Fsp3) is 0.267. The van der Waals surface area contributed by atoms with Crippen LogP contribution >= 0.6 is 0 Å². The molecule has 0 aliphatic carbocycles. The zero-order valence-corrected chi connectivity index (χ0v) is 11.7. The molecule has 0 bridgehead atoms. The number of carbonyl (C=O) groups is 2. The van der Waals surface area contributed by atoms with Crippen molar-refractivity contribution < 1.29 is 14.7 Å². The third kappa shape index (κ3) is 4.17. The molecule has 110 valence electrons.